The molecule has 67 heavy (non-hydrogen) atoms. The lowest BCUT2D eigenvalue weighted by Crippen LogP contribution is -2.15. The number of aromatic nitrogens is 1. The van der Waals surface area contributed by atoms with E-state index in [1.165, 1.54) is 60.4 Å². The third kappa shape index (κ3) is 6.35. The van der Waals surface area contributed by atoms with Crippen LogP contribution in [-0.4, -0.2) is 4.57 Å². The molecule has 1 atom stereocenters. The molecule has 0 bridgehead atoms. The van der Waals surface area contributed by atoms with Gasteiger partial charge in [0.2, 0.25) is 0 Å². The van der Waals surface area contributed by atoms with E-state index in [0.29, 0.717) is 0 Å². The molecule has 2 heterocycles. The smallest absolute Gasteiger partial charge is 0.130 e. The van der Waals surface area contributed by atoms with Crippen LogP contribution < -0.4 is 9.64 Å². The second-order valence-corrected chi connectivity index (χ2v) is 17.5. The van der Waals surface area contributed by atoms with Crippen molar-refractivity contribution in [2.45, 2.75) is 12.3 Å². The summed E-state index contributed by atoms with van der Waals surface area (Å²) in [6.45, 7) is 0. The molecule has 0 N–H and O–H groups in total. The van der Waals surface area contributed by atoms with Gasteiger partial charge < -0.3 is 14.2 Å². The van der Waals surface area contributed by atoms with E-state index in [0.717, 1.165) is 62.9 Å². The van der Waals surface area contributed by atoms with Crippen LogP contribution in [0.2, 0.25) is 0 Å². The summed E-state index contributed by atoms with van der Waals surface area (Å²) < 4.78 is 9.26. The summed E-state index contributed by atoms with van der Waals surface area (Å²) >= 11 is 0. The van der Waals surface area contributed by atoms with Crippen molar-refractivity contribution in [1.82, 2.24) is 4.57 Å². The van der Waals surface area contributed by atoms with Crippen molar-refractivity contribution < 1.29 is 4.74 Å². The Balaban J connectivity index is 1.10. The van der Waals surface area contributed by atoms with Crippen molar-refractivity contribution in [2.24, 2.45) is 0 Å². The van der Waals surface area contributed by atoms with E-state index >= 15 is 0 Å². The van der Waals surface area contributed by atoms with Crippen LogP contribution in [-0.2, 0) is 0 Å². The molecule has 3 nitrogen and oxygen atoms in total. The van der Waals surface area contributed by atoms with Crippen LogP contribution in [0.1, 0.15) is 23.5 Å². The molecule has 10 aromatic carbocycles. The average Bonchev–Trinajstić information content (AvgIpc) is 3.96. The molecule has 316 valence electrons. The zero-order chi connectivity index (χ0) is 44.3. The normalized spacial score (nSPS) is 14.1. The fraction of sp³-hybridized carbons (Fsp3) is 0.0312. The van der Waals surface area contributed by atoms with Crippen molar-refractivity contribution in [2.75, 3.05) is 4.90 Å². The number of fused-ring (bicyclic) bond motifs is 7. The number of allylic oxidation sites excluding steroid dienone is 4. The molecule has 1 aromatic heterocycles. The summed E-state index contributed by atoms with van der Waals surface area (Å²) in [5.74, 6) is 2.11. The number of benzene rings is 10. The van der Waals surface area contributed by atoms with Gasteiger partial charge in [0.15, 0.2) is 0 Å². The minimum Gasteiger partial charge on any atom is -0.460 e. The van der Waals surface area contributed by atoms with Gasteiger partial charge in [-0.3, -0.25) is 0 Å². The van der Waals surface area contributed by atoms with Crippen molar-refractivity contribution in [1.29, 1.82) is 0 Å². The Morgan fingerprint density at radius 2 is 0.955 bits per heavy atom. The van der Waals surface area contributed by atoms with Gasteiger partial charge in [-0.1, -0.05) is 200 Å². The molecule has 0 spiro atoms. The third-order valence-corrected chi connectivity index (χ3v) is 13.8. The lowest BCUT2D eigenvalue weighted by molar-refractivity contribution is 0.429. The summed E-state index contributed by atoms with van der Waals surface area (Å²) in [4.78, 5) is 2.52. The Morgan fingerprint density at radius 1 is 0.418 bits per heavy atom. The predicted molar refractivity (Wildman–Crippen MR) is 280 cm³/mol. The number of hydrogen-bond acceptors (Lipinski definition) is 2. The molecule has 13 rings (SSSR count). The molecule has 11 aromatic rings. The van der Waals surface area contributed by atoms with Gasteiger partial charge in [-0.2, -0.15) is 0 Å². The highest BCUT2D eigenvalue weighted by Crippen LogP contribution is 2.53. The van der Waals surface area contributed by atoms with Crippen LogP contribution in [0.25, 0.3) is 77.2 Å². The molecule has 1 unspecified atom stereocenters. The highest BCUT2D eigenvalue weighted by molar-refractivity contribution is 6.17. The molecule has 0 saturated heterocycles. The SMILES string of the molecule is C1=CC(c2ccccc2N(c2ccccc2-c2cccc3cccc(-c4ccccc4)c23)c2ccccc2-c2cccc3c2c2ccccc2n3-c2ccccc2)=C2Oc3ccccc3C2C1. The van der Waals surface area contributed by atoms with Crippen molar-refractivity contribution in [3.8, 4) is 44.8 Å². The highest BCUT2D eigenvalue weighted by Gasteiger charge is 2.34. The zero-order valence-corrected chi connectivity index (χ0v) is 36.8. The van der Waals surface area contributed by atoms with Gasteiger partial charge in [0.05, 0.1) is 28.1 Å². The van der Waals surface area contributed by atoms with Gasteiger partial charge in [-0.05, 0) is 88.0 Å². The molecule has 0 amide bonds. The Labute approximate surface area is 390 Å². The minimum atomic E-state index is 0.156. The topological polar surface area (TPSA) is 17.4 Å². The number of rotatable bonds is 8. The maximum Gasteiger partial charge on any atom is 0.130 e. The maximum atomic E-state index is 6.85. The Hall–Kier alpha value is -8.66. The zero-order valence-electron chi connectivity index (χ0n) is 36.8. The number of para-hydroxylation sites is 6. The third-order valence-electron chi connectivity index (χ3n) is 13.8. The number of hydrogen-bond donors (Lipinski definition) is 0. The minimum absolute atomic E-state index is 0.156. The van der Waals surface area contributed by atoms with Crippen molar-refractivity contribution >= 4 is 55.2 Å². The van der Waals surface area contributed by atoms with E-state index in [9.17, 15) is 0 Å². The van der Waals surface area contributed by atoms with Crippen molar-refractivity contribution in [3.05, 3.63) is 266 Å². The predicted octanol–water partition coefficient (Wildman–Crippen LogP) is 17.3. The second-order valence-electron chi connectivity index (χ2n) is 17.5. The molecule has 0 fully saturated rings. The summed E-state index contributed by atoms with van der Waals surface area (Å²) in [6, 6.07) is 85.9. The van der Waals surface area contributed by atoms with E-state index in [1.54, 1.807) is 0 Å². The summed E-state index contributed by atoms with van der Waals surface area (Å²) in [5, 5.41) is 4.86. The Kier molecular flexibility index (Phi) is 9.31. The molecular formula is C64H44N2O. The van der Waals surface area contributed by atoms with Gasteiger partial charge in [0.25, 0.3) is 0 Å². The van der Waals surface area contributed by atoms with Gasteiger partial charge in [-0.15, -0.1) is 0 Å². The van der Waals surface area contributed by atoms with E-state index in [2.05, 4.69) is 258 Å². The first-order valence-corrected chi connectivity index (χ1v) is 23.2. The first-order chi connectivity index (χ1) is 33.3. The van der Waals surface area contributed by atoms with Crippen LogP contribution in [0.5, 0.6) is 5.75 Å². The summed E-state index contributed by atoms with van der Waals surface area (Å²) in [7, 11) is 0. The molecule has 2 aliphatic rings. The second kappa shape index (κ2) is 16.1. The fourth-order valence-corrected chi connectivity index (χ4v) is 10.9. The molecule has 0 radical (unpaired) electrons. The van der Waals surface area contributed by atoms with E-state index in [-0.39, 0.29) is 5.92 Å². The van der Waals surface area contributed by atoms with Crippen LogP contribution in [0.15, 0.2) is 254 Å². The Bertz CT molecular complexity index is 3760. The largest absolute Gasteiger partial charge is 0.460 e. The van der Waals surface area contributed by atoms with Crippen LogP contribution in [0.3, 0.4) is 0 Å². The first-order valence-electron chi connectivity index (χ1n) is 23.2. The van der Waals surface area contributed by atoms with Gasteiger partial charge in [0.1, 0.15) is 11.5 Å². The van der Waals surface area contributed by atoms with E-state index < -0.39 is 0 Å². The average molecular weight is 857 g/mol. The highest BCUT2D eigenvalue weighted by atomic mass is 16.5. The first kappa shape index (κ1) is 38.8. The summed E-state index contributed by atoms with van der Waals surface area (Å²) in [6.07, 6.45) is 5.50. The lowest BCUT2D eigenvalue weighted by atomic mass is 9.86. The number of anilines is 3. The van der Waals surface area contributed by atoms with Crippen LogP contribution in [0.4, 0.5) is 17.1 Å². The molecule has 1 aliphatic heterocycles. The fourth-order valence-electron chi connectivity index (χ4n) is 10.9. The van der Waals surface area contributed by atoms with Crippen LogP contribution >= 0.6 is 0 Å². The quantitative estimate of drug-likeness (QED) is 0.151. The number of nitrogens with zero attached hydrogens (tertiary/aromatic N) is 2. The molecule has 3 heteroatoms. The molecule has 1 aliphatic carbocycles. The Morgan fingerprint density at radius 3 is 1.70 bits per heavy atom. The van der Waals surface area contributed by atoms with E-state index in [1.807, 2.05) is 0 Å². The molecular weight excluding hydrogens is 813 g/mol. The van der Waals surface area contributed by atoms with E-state index in [4.69, 9.17) is 4.74 Å². The summed E-state index contributed by atoms with van der Waals surface area (Å²) in [5.41, 5.74) is 17.2. The van der Waals surface area contributed by atoms with Gasteiger partial charge in [0, 0.05) is 50.2 Å². The van der Waals surface area contributed by atoms with Gasteiger partial charge >= 0.3 is 0 Å². The van der Waals surface area contributed by atoms with Crippen LogP contribution in [0, 0.1) is 0 Å². The standard InChI is InChI=1S/C64H44N2O/c1-3-21-43(22-4-1)46-32-17-23-44-24-18-33-51(62(44)46)47-27-7-12-37-56(47)66(58-39-14-9-29-49(58)53-35-19-36-54-50-30-11-16-42-61(50)67-64(53)54)57-38-13-8-28-48(57)52-34-20-41-60-63(52)55-31-10-15-40-59(55)65(60)45-25-5-2-6-26-45/h1-35,37-42,54H,36H2. The maximum absolute atomic E-state index is 6.85. The molecule has 0 saturated carbocycles. The number of ether oxygens (including phenoxy) is 1. The lowest BCUT2D eigenvalue weighted by Gasteiger charge is -2.32. The van der Waals surface area contributed by atoms with Gasteiger partial charge in [-0.25, -0.2) is 0 Å². The monoisotopic (exact) mass is 856 g/mol. The van der Waals surface area contributed by atoms with Crippen molar-refractivity contribution in [3.63, 3.8) is 0 Å².